The highest BCUT2D eigenvalue weighted by Gasteiger charge is 2.02. The molecule has 1 aromatic carbocycles. The minimum Gasteiger partial charge on any atom is -0.306 e. The van der Waals surface area contributed by atoms with Crippen molar-refractivity contribution in [2.45, 2.75) is 20.0 Å². The zero-order valence-corrected chi connectivity index (χ0v) is 11.6. The SMILES string of the molecule is Cc1csc(CNCc2cccc3cnccc23)n1. The van der Waals surface area contributed by atoms with Crippen molar-refractivity contribution in [3.8, 4) is 0 Å². The van der Waals surface area contributed by atoms with E-state index in [1.165, 1.54) is 16.3 Å². The Morgan fingerprint density at radius 3 is 3.00 bits per heavy atom. The van der Waals surface area contributed by atoms with Crippen LogP contribution in [-0.2, 0) is 13.1 Å². The fourth-order valence-electron chi connectivity index (χ4n) is 2.13. The summed E-state index contributed by atoms with van der Waals surface area (Å²) in [6.07, 6.45) is 3.75. The van der Waals surface area contributed by atoms with Gasteiger partial charge in [-0.25, -0.2) is 4.98 Å². The zero-order valence-electron chi connectivity index (χ0n) is 10.8. The van der Waals surface area contributed by atoms with Crippen molar-refractivity contribution in [1.82, 2.24) is 15.3 Å². The minimum atomic E-state index is 0.819. The number of hydrogen-bond acceptors (Lipinski definition) is 4. The van der Waals surface area contributed by atoms with Gasteiger partial charge in [0.1, 0.15) is 5.01 Å². The quantitative estimate of drug-likeness (QED) is 0.789. The first-order valence-corrected chi connectivity index (χ1v) is 7.14. The maximum absolute atomic E-state index is 4.45. The van der Waals surface area contributed by atoms with Crippen LogP contribution in [0.25, 0.3) is 10.8 Å². The van der Waals surface area contributed by atoms with Gasteiger partial charge in [-0.15, -0.1) is 11.3 Å². The Morgan fingerprint density at radius 2 is 2.16 bits per heavy atom. The van der Waals surface area contributed by atoms with Gasteiger partial charge in [0.05, 0.1) is 0 Å². The lowest BCUT2D eigenvalue weighted by Gasteiger charge is -2.06. The van der Waals surface area contributed by atoms with Gasteiger partial charge in [0.2, 0.25) is 0 Å². The molecule has 0 amide bonds. The summed E-state index contributed by atoms with van der Waals surface area (Å²) in [6.45, 7) is 3.69. The number of aromatic nitrogens is 2. The maximum Gasteiger partial charge on any atom is 0.107 e. The molecule has 0 bridgehead atoms. The van der Waals surface area contributed by atoms with E-state index in [0.29, 0.717) is 0 Å². The van der Waals surface area contributed by atoms with E-state index < -0.39 is 0 Å². The number of nitrogens with one attached hydrogen (secondary N) is 1. The summed E-state index contributed by atoms with van der Waals surface area (Å²) in [4.78, 5) is 8.61. The zero-order chi connectivity index (χ0) is 13.1. The Kier molecular flexibility index (Phi) is 3.53. The van der Waals surface area contributed by atoms with Gasteiger partial charge in [-0.3, -0.25) is 4.98 Å². The van der Waals surface area contributed by atoms with Crippen molar-refractivity contribution in [2.24, 2.45) is 0 Å². The molecule has 1 N–H and O–H groups in total. The Morgan fingerprint density at radius 1 is 1.21 bits per heavy atom. The van der Waals surface area contributed by atoms with Crippen LogP contribution in [-0.4, -0.2) is 9.97 Å². The fourth-order valence-corrected chi connectivity index (χ4v) is 2.87. The number of fused-ring (bicyclic) bond motifs is 1. The normalized spacial score (nSPS) is 11.0. The molecule has 0 radical (unpaired) electrons. The lowest BCUT2D eigenvalue weighted by Crippen LogP contribution is -2.12. The monoisotopic (exact) mass is 269 g/mol. The number of aryl methyl sites for hydroxylation is 1. The highest BCUT2D eigenvalue weighted by Crippen LogP contribution is 2.17. The van der Waals surface area contributed by atoms with Crippen LogP contribution in [0.5, 0.6) is 0 Å². The third-order valence-electron chi connectivity index (χ3n) is 3.03. The highest BCUT2D eigenvalue weighted by atomic mass is 32.1. The van der Waals surface area contributed by atoms with Crippen LogP contribution in [0.4, 0.5) is 0 Å². The summed E-state index contributed by atoms with van der Waals surface area (Å²) >= 11 is 1.70. The first kappa shape index (κ1) is 12.3. The number of thiazole rings is 1. The van der Waals surface area contributed by atoms with E-state index in [0.717, 1.165) is 23.8 Å². The van der Waals surface area contributed by atoms with E-state index in [-0.39, 0.29) is 0 Å². The van der Waals surface area contributed by atoms with Gasteiger partial charge in [-0.05, 0) is 23.9 Å². The van der Waals surface area contributed by atoms with Crippen molar-refractivity contribution in [2.75, 3.05) is 0 Å². The van der Waals surface area contributed by atoms with Crippen LogP contribution < -0.4 is 5.32 Å². The molecule has 0 aliphatic carbocycles. The number of hydrogen-bond donors (Lipinski definition) is 1. The second kappa shape index (κ2) is 5.47. The molecule has 19 heavy (non-hydrogen) atoms. The van der Waals surface area contributed by atoms with Crippen LogP contribution >= 0.6 is 11.3 Å². The molecule has 0 aliphatic rings. The van der Waals surface area contributed by atoms with Crippen LogP contribution in [0.2, 0.25) is 0 Å². The molecule has 0 unspecified atom stereocenters. The molecule has 2 aromatic heterocycles. The standard InChI is InChI=1S/C15H15N3S/c1-11-10-19-15(18-11)9-17-8-13-4-2-3-12-7-16-6-5-14(12)13/h2-7,10,17H,8-9H2,1H3. The molecule has 4 heteroatoms. The molecule has 96 valence electrons. The van der Waals surface area contributed by atoms with Crippen molar-refractivity contribution < 1.29 is 0 Å². The van der Waals surface area contributed by atoms with Crippen molar-refractivity contribution >= 4 is 22.1 Å². The predicted molar refractivity (Wildman–Crippen MR) is 79.1 cm³/mol. The number of rotatable bonds is 4. The molecule has 3 rings (SSSR count). The molecule has 0 spiro atoms. The smallest absolute Gasteiger partial charge is 0.107 e. The van der Waals surface area contributed by atoms with Gasteiger partial charge in [-0.1, -0.05) is 18.2 Å². The lowest BCUT2D eigenvalue weighted by atomic mass is 10.1. The fraction of sp³-hybridized carbons (Fsp3) is 0.200. The van der Waals surface area contributed by atoms with Crippen LogP contribution in [0.1, 0.15) is 16.3 Å². The molecule has 0 aliphatic heterocycles. The summed E-state index contributed by atoms with van der Waals surface area (Å²) in [6, 6.07) is 8.40. The molecule has 2 heterocycles. The Balaban J connectivity index is 1.71. The average molecular weight is 269 g/mol. The van der Waals surface area contributed by atoms with Crippen LogP contribution in [0.3, 0.4) is 0 Å². The van der Waals surface area contributed by atoms with Crippen molar-refractivity contribution in [3.05, 3.63) is 58.3 Å². The summed E-state index contributed by atoms with van der Waals surface area (Å²) in [5.41, 5.74) is 2.39. The minimum absolute atomic E-state index is 0.819. The topological polar surface area (TPSA) is 37.8 Å². The van der Waals surface area contributed by atoms with E-state index in [2.05, 4.69) is 44.9 Å². The van der Waals surface area contributed by atoms with Crippen LogP contribution in [0.15, 0.2) is 42.0 Å². The second-order valence-electron chi connectivity index (χ2n) is 4.50. The average Bonchev–Trinajstić information content (AvgIpc) is 2.85. The predicted octanol–water partition coefficient (Wildman–Crippen LogP) is 3.29. The molecular weight excluding hydrogens is 254 g/mol. The van der Waals surface area contributed by atoms with Gasteiger partial charge < -0.3 is 5.32 Å². The second-order valence-corrected chi connectivity index (χ2v) is 5.44. The molecule has 0 atom stereocenters. The molecule has 0 fully saturated rings. The third-order valence-corrected chi connectivity index (χ3v) is 4.00. The number of nitrogens with zero attached hydrogens (tertiary/aromatic N) is 2. The van der Waals surface area contributed by atoms with Crippen molar-refractivity contribution in [3.63, 3.8) is 0 Å². The largest absolute Gasteiger partial charge is 0.306 e. The summed E-state index contributed by atoms with van der Waals surface area (Å²) in [5.74, 6) is 0. The van der Waals surface area contributed by atoms with Crippen LogP contribution in [0, 0.1) is 6.92 Å². The number of pyridine rings is 1. The molecule has 0 saturated carbocycles. The van der Waals surface area contributed by atoms with Gasteiger partial charge in [0, 0.05) is 41.9 Å². The van der Waals surface area contributed by atoms with Gasteiger partial charge >= 0.3 is 0 Å². The van der Waals surface area contributed by atoms with Crippen molar-refractivity contribution in [1.29, 1.82) is 0 Å². The lowest BCUT2D eigenvalue weighted by molar-refractivity contribution is 0.692. The Labute approximate surface area is 116 Å². The van der Waals surface area contributed by atoms with E-state index in [1.807, 2.05) is 19.3 Å². The van der Waals surface area contributed by atoms with E-state index in [4.69, 9.17) is 0 Å². The Hall–Kier alpha value is -1.78. The molecule has 0 saturated heterocycles. The van der Waals surface area contributed by atoms with E-state index >= 15 is 0 Å². The summed E-state index contributed by atoms with van der Waals surface area (Å²) in [7, 11) is 0. The molecule has 3 aromatic rings. The summed E-state index contributed by atoms with van der Waals surface area (Å²) < 4.78 is 0. The Bertz CT molecular complexity index is 685. The van der Waals surface area contributed by atoms with E-state index in [9.17, 15) is 0 Å². The first-order chi connectivity index (χ1) is 9.33. The first-order valence-electron chi connectivity index (χ1n) is 6.26. The number of benzene rings is 1. The van der Waals surface area contributed by atoms with Gasteiger partial charge in [-0.2, -0.15) is 0 Å². The highest BCUT2D eigenvalue weighted by molar-refractivity contribution is 7.09. The van der Waals surface area contributed by atoms with E-state index in [1.54, 1.807) is 11.3 Å². The van der Waals surface area contributed by atoms with Gasteiger partial charge in [0.25, 0.3) is 0 Å². The van der Waals surface area contributed by atoms with Gasteiger partial charge in [0.15, 0.2) is 0 Å². The molecular formula is C15H15N3S. The third kappa shape index (κ3) is 2.80. The molecule has 3 nitrogen and oxygen atoms in total. The maximum atomic E-state index is 4.45. The summed E-state index contributed by atoms with van der Waals surface area (Å²) in [5, 5.41) is 9.12.